The van der Waals surface area contributed by atoms with Gasteiger partial charge in [-0.15, -0.1) is 0 Å². The smallest absolute Gasteiger partial charge is 0.137 e. The van der Waals surface area contributed by atoms with Crippen LogP contribution >= 0.6 is 0 Å². The van der Waals surface area contributed by atoms with E-state index >= 15 is 0 Å². The molecule has 0 saturated heterocycles. The summed E-state index contributed by atoms with van der Waals surface area (Å²) in [4.78, 5) is 0. The summed E-state index contributed by atoms with van der Waals surface area (Å²) in [5.74, 6) is -0.0785. The van der Waals surface area contributed by atoms with Gasteiger partial charge in [-0.2, -0.15) is 0 Å². The van der Waals surface area contributed by atoms with Crippen LogP contribution in [0.1, 0.15) is 18.0 Å². The van der Waals surface area contributed by atoms with E-state index in [4.69, 9.17) is 9.47 Å². The Morgan fingerprint density at radius 3 is 2.14 bits per heavy atom. The minimum Gasteiger partial charge on any atom is -0.360 e. The fraction of sp³-hybridized carbons (Fsp3) is 0.455. The lowest BCUT2D eigenvalue weighted by atomic mass is 10.2. The van der Waals surface area contributed by atoms with Crippen LogP contribution in [0.15, 0.2) is 30.3 Å². The summed E-state index contributed by atoms with van der Waals surface area (Å²) >= 11 is 0. The van der Waals surface area contributed by atoms with Gasteiger partial charge in [0.25, 0.3) is 0 Å². The van der Waals surface area contributed by atoms with E-state index in [1.807, 2.05) is 6.07 Å². The first-order valence-corrected chi connectivity index (χ1v) is 5.80. The first-order valence-electron chi connectivity index (χ1n) is 4.64. The van der Waals surface area contributed by atoms with E-state index in [0.29, 0.717) is 15.1 Å². The Morgan fingerprint density at radius 2 is 1.64 bits per heavy atom. The topological polar surface area (TPSA) is 18.5 Å². The Hall–Kier alpha value is -0.643. The summed E-state index contributed by atoms with van der Waals surface area (Å²) in [6.07, 6.45) is 0. The molecule has 0 aliphatic rings. The van der Waals surface area contributed by atoms with E-state index in [1.165, 1.54) is 5.56 Å². The molecule has 3 heteroatoms. The van der Waals surface area contributed by atoms with E-state index in [0.717, 1.165) is 0 Å². The molecule has 0 aromatic heterocycles. The zero-order valence-corrected chi connectivity index (χ0v) is 9.86. The predicted octanol–water partition coefficient (Wildman–Crippen LogP) is 2.03. The lowest BCUT2D eigenvalue weighted by Gasteiger charge is -2.17. The average molecular weight is 208 g/mol. The van der Waals surface area contributed by atoms with Crippen molar-refractivity contribution in [2.24, 2.45) is 0 Å². The molecule has 1 aromatic carbocycles. The van der Waals surface area contributed by atoms with Crippen molar-refractivity contribution in [2.75, 3.05) is 14.2 Å². The van der Waals surface area contributed by atoms with Gasteiger partial charge >= 0.3 is 0 Å². The van der Waals surface area contributed by atoms with Crippen LogP contribution in [0.5, 0.6) is 0 Å². The summed E-state index contributed by atoms with van der Waals surface area (Å²) in [5, 5.41) is 0. The average Bonchev–Trinajstić information content (AvgIpc) is 2.26. The first kappa shape index (κ1) is 11.4. The van der Waals surface area contributed by atoms with Gasteiger partial charge in [0, 0.05) is 14.2 Å². The lowest BCUT2D eigenvalue weighted by molar-refractivity contribution is -0.0447. The largest absolute Gasteiger partial charge is 0.360 e. The molecule has 1 unspecified atom stereocenters. The lowest BCUT2D eigenvalue weighted by Crippen LogP contribution is -2.25. The summed E-state index contributed by atoms with van der Waals surface area (Å²) in [6, 6.07) is 10.4. The van der Waals surface area contributed by atoms with Crippen LogP contribution in [0.3, 0.4) is 0 Å². The van der Waals surface area contributed by atoms with Crippen molar-refractivity contribution >= 4 is 9.52 Å². The standard InChI is InChI=1S/C11H16O2Si/c1-9(14-11(12-2)13-3)10-7-5-4-6-8-10/h4-9,11H,1-3H3. The number of hydrogen-bond acceptors (Lipinski definition) is 2. The zero-order valence-electron chi connectivity index (χ0n) is 8.86. The van der Waals surface area contributed by atoms with E-state index in [2.05, 4.69) is 31.2 Å². The number of hydrogen-bond donors (Lipinski definition) is 0. The normalized spacial score (nSPS) is 13.1. The second kappa shape index (κ2) is 5.96. The molecule has 0 spiro atoms. The van der Waals surface area contributed by atoms with Crippen LogP contribution in [0, 0.1) is 0 Å². The molecule has 76 valence electrons. The van der Waals surface area contributed by atoms with Gasteiger partial charge < -0.3 is 9.47 Å². The van der Waals surface area contributed by atoms with Gasteiger partial charge in [-0.05, 0) is 11.1 Å². The molecule has 0 aliphatic carbocycles. The number of benzene rings is 1. The third-order valence-electron chi connectivity index (χ3n) is 2.11. The van der Waals surface area contributed by atoms with Crippen molar-refractivity contribution in [1.29, 1.82) is 0 Å². The highest BCUT2D eigenvalue weighted by Crippen LogP contribution is 2.14. The second-order valence-electron chi connectivity index (χ2n) is 3.10. The second-order valence-corrected chi connectivity index (χ2v) is 4.77. The third-order valence-corrected chi connectivity index (χ3v) is 3.69. The SMILES string of the molecule is COC(OC)[Si]C(C)c1ccccc1. The molecule has 0 N–H and O–H groups in total. The number of ether oxygens (including phenoxy) is 2. The summed E-state index contributed by atoms with van der Waals surface area (Å²) < 4.78 is 10.4. The van der Waals surface area contributed by atoms with Crippen LogP contribution < -0.4 is 0 Å². The van der Waals surface area contributed by atoms with E-state index in [1.54, 1.807) is 14.2 Å². The number of rotatable bonds is 5. The van der Waals surface area contributed by atoms with Crippen molar-refractivity contribution in [3.63, 3.8) is 0 Å². The van der Waals surface area contributed by atoms with Gasteiger partial charge in [0.1, 0.15) is 15.4 Å². The molecular weight excluding hydrogens is 192 g/mol. The highest BCUT2D eigenvalue weighted by molar-refractivity contribution is 6.38. The fourth-order valence-electron chi connectivity index (χ4n) is 1.27. The maximum atomic E-state index is 5.18. The van der Waals surface area contributed by atoms with Crippen molar-refractivity contribution in [3.05, 3.63) is 35.9 Å². The highest BCUT2D eigenvalue weighted by Gasteiger charge is 2.14. The van der Waals surface area contributed by atoms with Crippen LogP contribution in [-0.4, -0.2) is 29.7 Å². The third kappa shape index (κ3) is 3.25. The molecule has 0 aliphatic heterocycles. The zero-order chi connectivity index (χ0) is 10.4. The molecule has 1 atom stereocenters. The van der Waals surface area contributed by atoms with E-state index in [-0.39, 0.29) is 5.91 Å². The maximum absolute atomic E-state index is 5.18. The van der Waals surface area contributed by atoms with Crippen LogP contribution in [-0.2, 0) is 9.47 Å². The first-order chi connectivity index (χ1) is 6.77. The maximum Gasteiger partial charge on any atom is 0.137 e. The molecule has 14 heavy (non-hydrogen) atoms. The monoisotopic (exact) mass is 208 g/mol. The van der Waals surface area contributed by atoms with Crippen LogP contribution in [0.25, 0.3) is 0 Å². The molecular formula is C11H16O2Si. The van der Waals surface area contributed by atoms with Crippen molar-refractivity contribution in [1.82, 2.24) is 0 Å². The molecule has 2 nitrogen and oxygen atoms in total. The van der Waals surface area contributed by atoms with Gasteiger partial charge in [-0.1, -0.05) is 37.3 Å². The predicted molar refractivity (Wildman–Crippen MR) is 58.4 cm³/mol. The Labute approximate surface area is 88.1 Å². The van der Waals surface area contributed by atoms with Gasteiger partial charge in [0.05, 0.1) is 0 Å². The minimum absolute atomic E-state index is 0.0785. The molecule has 0 heterocycles. The highest BCUT2D eigenvalue weighted by atomic mass is 28.2. The Balaban J connectivity index is 2.54. The van der Waals surface area contributed by atoms with Crippen LogP contribution in [0.2, 0.25) is 0 Å². The Bertz CT molecular complexity index is 247. The van der Waals surface area contributed by atoms with Crippen molar-refractivity contribution in [3.8, 4) is 0 Å². The minimum atomic E-state index is -0.0785. The molecule has 1 rings (SSSR count). The quantitative estimate of drug-likeness (QED) is 0.544. The van der Waals surface area contributed by atoms with Crippen molar-refractivity contribution < 1.29 is 9.47 Å². The van der Waals surface area contributed by atoms with Crippen LogP contribution in [0.4, 0.5) is 0 Å². The fourth-order valence-corrected chi connectivity index (χ4v) is 2.34. The molecule has 0 bridgehead atoms. The van der Waals surface area contributed by atoms with Crippen molar-refractivity contribution in [2.45, 2.75) is 18.4 Å². The molecule has 1 aromatic rings. The number of methoxy groups -OCH3 is 2. The van der Waals surface area contributed by atoms with Gasteiger partial charge in [-0.3, -0.25) is 0 Å². The van der Waals surface area contributed by atoms with Gasteiger partial charge in [-0.25, -0.2) is 0 Å². The molecule has 0 fully saturated rings. The van der Waals surface area contributed by atoms with E-state index < -0.39 is 0 Å². The molecule has 2 radical (unpaired) electrons. The Kier molecular flexibility index (Phi) is 4.86. The summed E-state index contributed by atoms with van der Waals surface area (Å²) in [5.41, 5.74) is 1.83. The Morgan fingerprint density at radius 1 is 1.07 bits per heavy atom. The molecule has 0 amide bonds. The molecule has 0 saturated carbocycles. The van der Waals surface area contributed by atoms with Gasteiger partial charge in [0.15, 0.2) is 0 Å². The van der Waals surface area contributed by atoms with E-state index in [9.17, 15) is 0 Å². The van der Waals surface area contributed by atoms with Gasteiger partial charge in [0.2, 0.25) is 0 Å². The summed E-state index contributed by atoms with van der Waals surface area (Å²) in [6.45, 7) is 2.19. The summed E-state index contributed by atoms with van der Waals surface area (Å²) in [7, 11) is 3.99.